The minimum absolute atomic E-state index is 0.0644. The standard InChI is InChI=1S/C21H25N3O4S/c1-4-5-10-19(25)23-16-12-11-14(13-18(16)28-3)22-21(29)24-20(26)15-8-6-7-9-17(15)27-2/h6-9,11-13H,4-5,10H2,1-3H3,(H,23,25)(H2,22,24,26,29). The van der Waals surface area contributed by atoms with Gasteiger partial charge in [-0.1, -0.05) is 25.5 Å². The number of amides is 2. The Balaban J connectivity index is 2.03. The van der Waals surface area contributed by atoms with Crippen molar-refractivity contribution < 1.29 is 19.1 Å². The van der Waals surface area contributed by atoms with Crippen LogP contribution in [0, 0.1) is 0 Å². The van der Waals surface area contributed by atoms with Gasteiger partial charge in [-0.25, -0.2) is 0 Å². The summed E-state index contributed by atoms with van der Waals surface area (Å²) in [6.07, 6.45) is 2.23. The molecule has 0 heterocycles. The van der Waals surface area contributed by atoms with Gasteiger partial charge < -0.3 is 20.1 Å². The van der Waals surface area contributed by atoms with E-state index in [1.807, 2.05) is 6.92 Å². The zero-order valence-electron chi connectivity index (χ0n) is 16.7. The van der Waals surface area contributed by atoms with E-state index in [-0.39, 0.29) is 16.9 Å². The molecule has 154 valence electrons. The fourth-order valence-corrected chi connectivity index (χ4v) is 2.80. The molecular weight excluding hydrogens is 390 g/mol. The number of carbonyl (C=O) groups excluding carboxylic acids is 2. The third-order valence-corrected chi connectivity index (χ3v) is 4.27. The van der Waals surface area contributed by atoms with E-state index in [1.54, 1.807) is 42.5 Å². The number of hydrogen-bond donors (Lipinski definition) is 3. The molecule has 7 nitrogen and oxygen atoms in total. The molecular formula is C21H25N3O4S. The van der Waals surface area contributed by atoms with Gasteiger partial charge in [0, 0.05) is 18.2 Å². The number of methoxy groups -OCH3 is 2. The Morgan fingerprint density at radius 2 is 1.72 bits per heavy atom. The van der Waals surface area contributed by atoms with E-state index in [9.17, 15) is 9.59 Å². The summed E-state index contributed by atoms with van der Waals surface area (Å²) in [7, 11) is 3.01. The van der Waals surface area contributed by atoms with Gasteiger partial charge in [0.2, 0.25) is 5.91 Å². The molecule has 0 saturated carbocycles. The van der Waals surface area contributed by atoms with Gasteiger partial charge in [-0.15, -0.1) is 0 Å². The molecule has 0 radical (unpaired) electrons. The Morgan fingerprint density at radius 1 is 1.00 bits per heavy atom. The van der Waals surface area contributed by atoms with Crippen LogP contribution in [0.3, 0.4) is 0 Å². The van der Waals surface area contributed by atoms with Crippen LogP contribution in [0.4, 0.5) is 11.4 Å². The number of benzene rings is 2. The molecule has 29 heavy (non-hydrogen) atoms. The van der Waals surface area contributed by atoms with E-state index in [4.69, 9.17) is 21.7 Å². The summed E-state index contributed by atoms with van der Waals surface area (Å²) < 4.78 is 10.5. The third kappa shape index (κ3) is 6.46. The predicted octanol–water partition coefficient (Wildman–Crippen LogP) is 3.96. The maximum atomic E-state index is 12.4. The highest BCUT2D eigenvalue weighted by atomic mass is 32.1. The Hall–Kier alpha value is -3.13. The summed E-state index contributed by atoms with van der Waals surface area (Å²) in [6.45, 7) is 2.03. The second kappa shape index (κ2) is 11.0. The first kappa shape index (κ1) is 22.2. The SMILES string of the molecule is CCCCC(=O)Nc1ccc(NC(=S)NC(=O)c2ccccc2OC)cc1OC. The number of carbonyl (C=O) groups is 2. The average molecular weight is 416 g/mol. The van der Waals surface area contributed by atoms with E-state index >= 15 is 0 Å². The molecule has 0 aromatic heterocycles. The molecule has 3 N–H and O–H groups in total. The van der Waals surface area contributed by atoms with Crippen molar-refractivity contribution in [3.8, 4) is 11.5 Å². The molecule has 8 heteroatoms. The van der Waals surface area contributed by atoms with Crippen molar-refractivity contribution >= 4 is 40.5 Å². The van der Waals surface area contributed by atoms with Gasteiger partial charge in [0.25, 0.3) is 5.91 Å². The quantitative estimate of drug-likeness (QED) is 0.566. The van der Waals surface area contributed by atoms with Crippen molar-refractivity contribution in [2.45, 2.75) is 26.2 Å². The average Bonchev–Trinajstić information content (AvgIpc) is 2.73. The van der Waals surface area contributed by atoms with E-state index in [2.05, 4.69) is 16.0 Å². The molecule has 0 aliphatic rings. The Bertz CT molecular complexity index is 886. The molecule has 2 aromatic carbocycles. The smallest absolute Gasteiger partial charge is 0.261 e. The summed E-state index contributed by atoms with van der Waals surface area (Å²) in [5, 5.41) is 8.52. The van der Waals surface area contributed by atoms with Crippen LogP contribution < -0.4 is 25.4 Å². The Labute approximate surface area is 175 Å². The fraction of sp³-hybridized carbons (Fsp3) is 0.286. The molecule has 2 amide bonds. The summed E-state index contributed by atoms with van der Waals surface area (Å²) in [5.74, 6) is 0.494. The highest BCUT2D eigenvalue weighted by molar-refractivity contribution is 7.80. The highest BCUT2D eigenvalue weighted by Gasteiger charge is 2.14. The number of anilines is 2. The lowest BCUT2D eigenvalue weighted by Gasteiger charge is -2.14. The van der Waals surface area contributed by atoms with Crippen molar-refractivity contribution in [3.63, 3.8) is 0 Å². The normalized spacial score (nSPS) is 10.0. The molecule has 0 bridgehead atoms. The van der Waals surface area contributed by atoms with Crippen LogP contribution in [-0.4, -0.2) is 31.1 Å². The van der Waals surface area contributed by atoms with E-state index in [1.165, 1.54) is 14.2 Å². The van der Waals surface area contributed by atoms with Gasteiger partial charge in [0.15, 0.2) is 5.11 Å². The molecule has 0 atom stereocenters. The maximum Gasteiger partial charge on any atom is 0.261 e. The summed E-state index contributed by atoms with van der Waals surface area (Å²) in [4.78, 5) is 24.4. The van der Waals surface area contributed by atoms with Gasteiger partial charge in [-0.05, 0) is 42.9 Å². The van der Waals surface area contributed by atoms with Gasteiger partial charge in [-0.3, -0.25) is 14.9 Å². The van der Waals surface area contributed by atoms with Crippen molar-refractivity contribution in [3.05, 3.63) is 48.0 Å². The third-order valence-electron chi connectivity index (χ3n) is 4.07. The first-order valence-corrected chi connectivity index (χ1v) is 9.62. The van der Waals surface area contributed by atoms with Crippen molar-refractivity contribution in [2.75, 3.05) is 24.9 Å². The topological polar surface area (TPSA) is 88.7 Å². The minimum Gasteiger partial charge on any atom is -0.496 e. The van der Waals surface area contributed by atoms with Gasteiger partial charge >= 0.3 is 0 Å². The molecule has 0 unspecified atom stereocenters. The summed E-state index contributed by atoms with van der Waals surface area (Å²) in [5.41, 5.74) is 1.56. The van der Waals surface area contributed by atoms with Gasteiger partial charge in [-0.2, -0.15) is 0 Å². The van der Waals surface area contributed by atoms with Crippen molar-refractivity contribution in [1.29, 1.82) is 0 Å². The van der Waals surface area contributed by atoms with Crippen molar-refractivity contribution in [2.24, 2.45) is 0 Å². The summed E-state index contributed by atoms with van der Waals surface area (Å²) in [6, 6.07) is 12.0. The van der Waals surface area contributed by atoms with Crippen LogP contribution >= 0.6 is 12.2 Å². The lowest BCUT2D eigenvalue weighted by atomic mass is 10.2. The molecule has 0 saturated heterocycles. The number of nitrogens with one attached hydrogen (secondary N) is 3. The number of rotatable bonds is 8. The number of thiocarbonyl (C=S) groups is 1. The molecule has 0 spiro atoms. The first-order valence-electron chi connectivity index (χ1n) is 9.21. The molecule has 0 aliphatic carbocycles. The lowest BCUT2D eigenvalue weighted by molar-refractivity contribution is -0.116. The zero-order valence-corrected chi connectivity index (χ0v) is 17.5. The first-order chi connectivity index (χ1) is 14.0. The molecule has 2 rings (SSSR count). The van der Waals surface area contributed by atoms with E-state index < -0.39 is 0 Å². The van der Waals surface area contributed by atoms with Gasteiger partial charge in [0.1, 0.15) is 11.5 Å². The van der Waals surface area contributed by atoms with Gasteiger partial charge in [0.05, 0.1) is 25.5 Å². The highest BCUT2D eigenvalue weighted by Crippen LogP contribution is 2.28. The van der Waals surface area contributed by atoms with Crippen LogP contribution in [0.5, 0.6) is 11.5 Å². The second-order valence-corrected chi connectivity index (χ2v) is 6.58. The number of para-hydroxylation sites is 1. The van der Waals surface area contributed by atoms with Crippen LogP contribution in [0.25, 0.3) is 0 Å². The minimum atomic E-state index is -0.383. The lowest BCUT2D eigenvalue weighted by Crippen LogP contribution is -2.34. The Morgan fingerprint density at radius 3 is 2.41 bits per heavy atom. The number of ether oxygens (including phenoxy) is 2. The Kier molecular flexibility index (Phi) is 8.42. The zero-order chi connectivity index (χ0) is 21.2. The molecule has 0 fully saturated rings. The van der Waals surface area contributed by atoms with Crippen LogP contribution in [-0.2, 0) is 4.79 Å². The molecule has 0 aliphatic heterocycles. The fourth-order valence-electron chi connectivity index (χ4n) is 2.59. The second-order valence-electron chi connectivity index (χ2n) is 6.18. The van der Waals surface area contributed by atoms with Crippen molar-refractivity contribution in [1.82, 2.24) is 5.32 Å². The largest absolute Gasteiger partial charge is 0.496 e. The van der Waals surface area contributed by atoms with Crippen LogP contribution in [0.2, 0.25) is 0 Å². The van der Waals surface area contributed by atoms with Crippen LogP contribution in [0.15, 0.2) is 42.5 Å². The molecule has 2 aromatic rings. The monoisotopic (exact) mass is 415 g/mol. The number of hydrogen-bond acceptors (Lipinski definition) is 5. The summed E-state index contributed by atoms with van der Waals surface area (Å²) >= 11 is 5.23. The number of unbranched alkanes of at least 4 members (excludes halogenated alkanes) is 1. The van der Waals surface area contributed by atoms with E-state index in [0.29, 0.717) is 34.9 Å². The van der Waals surface area contributed by atoms with E-state index in [0.717, 1.165) is 12.8 Å². The maximum absolute atomic E-state index is 12.4. The predicted molar refractivity (Wildman–Crippen MR) is 118 cm³/mol. The van der Waals surface area contributed by atoms with Crippen LogP contribution in [0.1, 0.15) is 36.5 Å².